The smallest absolute Gasteiger partial charge is 0.335 e. The van der Waals surface area contributed by atoms with E-state index in [1.54, 1.807) is 12.1 Å². The van der Waals surface area contributed by atoms with Crippen LogP contribution in [0.5, 0.6) is 0 Å². The molecule has 0 fully saturated rings. The Bertz CT molecular complexity index is 702. The number of aromatic carboxylic acids is 1. The number of carboxylic acid groups (broad SMARTS) is 1. The lowest BCUT2D eigenvalue weighted by Gasteiger charge is -2.15. The molecule has 2 aromatic carbocycles. The first-order valence-corrected chi connectivity index (χ1v) is 6.52. The van der Waals surface area contributed by atoms with Crippen molar-refractivity contribution in [3.05, 3.63) is 71.0 Å². The Hall–Kier alpha value is -2.73. The topological polar surface area (TPSA) is 77.8 Å². The molecule has 0 aliphatic rings. The SMILES string of the molecule is O=C(O)c1cccc(CC(=O)N(O)Cc2ccccc2F)c1. The molecule has 114 valence electrons. The van der Waals surface area contributed by atoms with Gasteiger partial charge in [-0.15, -0.1) is 0 Å². The van der Waals surface area contributed by atoms with Gasteiger partial charge < -0.3 is 5.11 Å². The second kappa shape index (κ2) is 6.82. The van der Waals surface area contributed by atoms with Crippen LogP contribution in [-0.2, 0) is 17.8 Å². The Morgan fingerprint density at radius 3 is 2.50 bits per heavy atom. The van der Waals surface area contributed by atoms with Crippen LogP contribution >= 0.6 is 0 Å². The molecule has 22 heavy (non-hydrogen) atoms. The summed E-state index contributed by atoms with van der Waals surface area (Å²) in [6.07, 6.45) is -0.175. The van der Waals surface area contributed by atoms with Gasteiger partial charge in [-0.3, -0.25) is 10.0 Å². The molecule has 0 heterocycles. The predicted molar refractivity (Wildman–Crippen MR) is 75.8 cm³/mol. The lowest BCUT2D eigenvalue weighted by Crippen LogP contribution is -2.28. The van der Waals surface area contributed by atoms with Gasteiger partial charge in [-0.1, -0.05) is 30.3 Å². The first-order chi connectivity index (χ1) is 10.5. The zero-order valence-corrected chi connectivity index (χ0v) is 11.6. The fourth-order valence-electron chi connectivity index (χ4n) is 1.96. The van der Waals surface area contributed by atoms with Gasteiger partial charge in [0, 0.05) is 5.56 Å². The molecular formula is C16H14FNO4. The molecule has 2 rings (SSSR count). The largest absolute Gasteiger partial charge is 0.478 e. The molecule has 0 aromatic heterocycles. The zero-order valence-electron chi connectivity index (χ0n) is 11.6. The zero-order chi connectivity index (χ0) is 16.1. The highest BCUT2D eigenvalue weighted by atomic mass is 19.1. The van der Waals surface area contributed by atoms with Crippen molar-refractivity contribution < 1.29 is 24.3 Å². The van der Waals surface area contributed by atoms with Crippen LogP contribution in [0.4, 0.5) is 4.39 Å². The molecule has 0 bridgehead atoms. The van der Waals surface area contributed by atoms with E-state index in [9.17, 15) is 19.2 Å². The van der Waals surface area contributed by atoms with E-state index in [4.69, 9.17) is 5.11 Å². The lowest BCUT2D eigenvalue weighted by molar-refractivity contribution is -0.167. The van der Waals surface area contributed by atoms with Crippen molar-refractivity contribution in [1.29, 1.82) is 0 Å². The number of rotatable bonds is 5. The molecule has 1 amide bonds. The van der Waals surface area contributed by atoms with Crippen molar-refractivity contribution in [2.75, 3.05) is 0 Å². The number of hydroxylamine groups is 2. The Balaban J connectivity index is 2.04. The first-order valence-electron chi connectivity index (χ1n) is 6.52. The molecule has 2 aromatic rings. The standard InChI is InChI=1S/C16H14FNO4/c17-14-7-2-1-5-13(14)10-18(22)15(19)9-11-4-3-6-12(8-11)16(20)21/h1-8,22H,9-10H2,(H,20,21). The molecule has 2 N–H and O–H groups in total. The van der Waals surface area contributed by atoms with E-state index < -0.39 is 17.7 Å². The number of nitrogens with zero attached hydrogens (tertiary/aromatic N) is 1. The Kier molecular flexibility index (Phi) is 4.85. The average molecular weight is 303 g/mol. The summed E-state index contributed by atoms with van der Waals surface area (Å²) in [6.45, 7) is -0.274. The molecule has 0 radical (unpaired) electrons. The quantitative estimate of drug-likeness (QED) is 0.657. The van der Waals surface area contributed by atoms with Crippen LogP contribution in [0, 0.1) is 5.82 Å². The minimum atomic E-state index is -1.10. The fourth-order valence-corrected chi connectivity index (χ4v) is 1.96. The number of benzene rings is 2. The first kappa shape index (κ1) is 15.7. The van der Waals surface area contributed by atoms with Gasteiger partial charge in [-0.05, 0) is 23.8 Å². The van der Waals surface area contributed by atoms with Crippen molar-refractivity contribution >= 4 is 11.9 Å². The van der Waals surface area contributed by atoms with Crippen LogP contribution in [-0.4, -0.2) is 27.3 Å². The maximum absolute atomic E-state index is 13.5. The lowest BCUT2D eigenvalue weighted by atomic mass is 10.1. The molecule has 0 aliphatic heterocycles. The van der Waals surface area contributed by atoms with E-state index in [0.29, 0.717) is 10.6 Å². The fraction of sp³-hybridized carbons (Fsp3) is 0.125. The molecule has 6 heteroatoms. The highest BCUT2D eigenvalue weighted by Crippen LogP contribution is 2.11. The number of carboxylic acids is 1. The van der Waals surface area contributed by atoms with Gasteiger partial charge >= 0.3 is 5.97 Å². The van der Waals surface area contributed by atoms with Crippen LogP contribution in [0.25, 0.3) is 0 Å². The van der Waals surface area contributed by atoms with E-state index >= 15 is 0 Å². The van der Waals surface area contributed by atoms with Crippen LogP contribution < -0.4 is 0 Å². The van der Waals surface area contributed by atoms with Crippen molar-refractivity contribution in [3.8, 4) is 0 Å². The molecule has 0 spiro atoms. The highest BCUT2D eigenvalue weighted by molar-refractivity contribution is 5.88. The predicted octanol–water partition coefficient (Wildman–Crippen LogP) is 2.48. The molecular weight excluding hydrogens is 289 g/mol. The van der Waals surface area contributed by atoms with E-state index in [1.165, 1.54) is 36.4 Å². The third kappa shape index (κ3) is 3.89. The Labute approximate surface area is 126 Å². The third-order valence-corrected chi connectivity index (χ3v) is 3.10. The highest BCUT2D eigenvalue weighted by Gasteiger charge is 2.15. The van der Waals surface area contributed by atoms with E-state index in [0.717, 1.165) is 0 Å². The molecule has 0 saturated heterocycles. The van der Waals surface area contributed by atoms with Gasteiger partial charge in [0.2, 0.25) is 0 Å². The van der Waals surface area contributed by atoms with E-state index in [2.05, 4.69) is 0 Å². The van der Waals surface area contributed by atoms with Crippen LogP contribution in [0.2, 0.25) is 0 Å². The molecule has 0 unspecified atom stereocenters. The maximum atomic E-state index is 13.5. The summed E-state index contributed by atoms with van der Waals surface area (Å²) < 4.78 is 13.5. The van der Waals surface area contributed by atoms with E-state index in [1.807, 2.05) is 0 Å². The number of hydrogen-bond donors (Lipinski definition) is 2. The van der Waals surface area contributed by atoms with Crippen LogP contribution in [0.1, 0.15) is 21.5 Å². The van der Waals surface area contributed by atoms with Crippen LogP contribution in [0.3, 0.4) is 0 Å². The van der Waals surface area contributed by atoms with Crippen LogP contribution in [0.15, 0.2) is 48.5 Å². The van der Waals surface area contributed by atoms with Gasteiger partial charge in [0.05, 0.1) is 18.5 Å². The van der Waals surface area contributed by atoms with Gasteiger partial charge in [0.25, 0.3) is 5.91 Å². The second-order valence-corrected chi connectivity index (χ2v) is 4.73. The maximum Gasteiger partial charge on any atom is 0.335 e. The third-order valence-electron chi connectivity index (χ3n) is 3.10. The van der Waals surface area contributed by atoms with Crippen molar-refractivity contribution in [1.82, 2.24) is 5.06 Å². The Morgan fingerprint density at radius 1 is 1.09 bits per heavy atom. The Morgan fingerprint density at radius 2 is 1.82 bits per heavy atom. The van der Waals surface area contributed by atoms with Crippen molar-refractivity contribution in [2.45, 2.75) is 13.0 Å². The summed E-state index contributed by atoms with van der Waals surface area (Å²) in [4.78, 5) is 22.8. The summed E-state index contributed by atoms with van der Waals surface area (Å²) in [5.41, 5.74) is 0.707. The number of carbonyl (C=O) groups excluding carboxylic acids is 1. The summed E-state index contributed by atoms with van der Waals surface area (Å²) in [5.74, 6) is -2.26. The van der Waals surface area contributed by atoms with Gasteiger partial charge in [-0.2, -0.15) is 0 Å². The average Bonchev–Trinajstić information content (AvgIpc) is 2.49. The number of hydrogen-bond acceptors (Lipinski definition) is 3. The van der Waals surface area contributed by atoms with Crippen molar-refractivity contribution in [3.63, 3.8) is 0 Å². The molecule has 0 saturated carbocycles. The van der Waals surface area contributed by atoms with Gasteiger partial charge in [0.1, 0.15) is 5.82 Å². The minimum absolute atomic E-state index is 0.0592. The summed E-state index contributed by atoms with van der Waals surface area (Å²) in [5, 5.41) is 19.1. The summed E-state index contributed by atoms with van der Waals surface area (Å²) in [7, 11) is 0. The number of carbonyl (C=O) groups is 2. The minimum Gasteiger partial charge on any atom is -0.478 e. The monoisotopic (exact) mass is 303 g/mol. The second-order valence-electron chi connectivity index (χ2n) is 4.73. The molecule has 0 aliphatic carbocycles. The summed E-state index contributed by atoms with van der Waals surface area (Å²) in [6, 6.07) is 11.7. The van der Waals surface area contributed by atoms with Gasteiger partial charge in [-0.25, -0.2) is 14.2 Å². The van der Waals surface area contributed by atoms with Gasteiger partial charge in [0.15, 0.2) is 0 Å². The molecule has 5 nitrogen and oxygen atoms in total. The summed E-state index contributed by atoms with van der Waals surface area (Å²) >= 11 is 0. The van der Waals surface area contributed by atoms with Crippen molar-refractivity contribution in [2.24, 2.45) is 0 Å². The number of amides is 1. The number of halogens is 1. The normalized spacial score (nSPS) is 10.3. The molecule has 0 atom stereocenters. The van der Waals surface area contributed by atoms with E-state index in [-0.39, 0.29) is 24.1 Å².